The molecule has 0 saturated carbocycles. The van der Waals surface area contributed by atoms with Gasteiger partial charge in [-0.1, -0.05) is 6.92 Å². The number of rotatable bonds is 5. The molecule has 1 rings (SSSR count). The van der Waals surface area contributed by atoms with Crippen molar-refractivity contribution < 1.29 is 9.90 Å². The minimum absolute atomic E-state index is 0.0320. The van der Waals surface area contributed by atoms with E-state index in [1.54, 1.807) is 0 Å². The van der Waals surface area contributed by atoms with E-state index in [-0.39, 0.29) is 12.5 Å². The van der Waals surface area contributed by atoms with Gasteiger partial charge in [0, 0.05) is 37.1 Å². The summed E-state index contributed by atoms with van der Waals surface area (Å²) in [5.41, 5.74) is 3.32. The van der Waals surface area contributed by atoms with Gasteiger partial charge in [0.25, 0.3) is 5.91 Å². The molecule has 1 amide bonds. The lowest BCUT2D eigenvalue weighted by atomic mass is 10.1. The molecule has 0 spiro atoms. The Morgan fingerprint density at radius 1 is 1.28 bits per heavy atom. The van der Waals surface area contributed by atoms with Crippen LogP contribution in [0.4, 0.5) is 0 Å². The number of nitrogens with zero attached hydrogens (tertiary/aromatic N) is 2. The molecule has 0 radical (unpaired) electrons. The second kappa shape index (κ2) is 6.05. The molecule has 102 valence electrons. The number of aliphatic hydroxyl groups excluding tert-OH is 1. The molecule has 0 aliphatic rings. The van der Waals surface area contributed by atoms with E-state index in [0.717, 1.165) is 29.9 Å². The lowest BCUT2D eigenvalue weighted by Gasteiger charge is -2.20. The van der Waals surface area contributed by atoms with Crippen molar-refractivity contribution in [3.8, 4) is 0 Å². The Kier molecular flexibility index (Phi) is 4.96. The van der Waals surface area contributed by atoms with Crippen molar-refractivity contribution in [1.82, 2.24) is 9.47 Å². The first-order valence-corrected chi connectivity index (χ1v) is 6.54. The molecule has 0 aliphatic heterocycles. The van der Waals surface area contributed by atoms with Gasteiger partial charge < -0.3 is 14.6 Å². The zero-order valence-electron chi connectivity index (χ0n) is 12.1. The van der Waals surface area contributed by atoms with Crippen LogP contribution in [0.3, 0.4) is 0 Å². The number of hydrogen-bond donors (Lipinski definition) is 1. The van der Waals surface area contributed by atoms with Gasteiger partial charge in [0.05, 0.1) is 12.2 Å². The van der Waals surface area contributed by atoms with Gasteiger partial charge in [-0.25, -0.2) is 0 Å². The highest BCUT2D eigenvalue weighted by Crippen LogP contribution is 2.23. The van der Waals surface area contributed by atoms with Gasteiger partial charge in [0.1, 0.15) is 0 Å². The van der Waals surface area contributed by atoms with Crippen LogP contribution >= 0.6 is 0 Å². The Hall–Kier alpha value is -1.29. The summed E-state index contributed by atoms with van der Waals surface area (Å²) in [7, 11) is 1.93. The van der Waals surface area contributed by atoms with E-state index in [0.29, 0.717) is 12.1 Å². The summed E-state index contributed by atoms with van der Waals surface area (Å²) in [4.78, 5) is 14.4. The SMILES string of the molecule is CCCN(CC)C(=O)c1c(CO)c(C)n(C)c1C. The number of carbonyl (C=O) groups excluding carboxylic acids is 1. The molecule has 0 saturated heterocycles. The van der Waals surface area contributed by atoms with Crippen molar-refractivity contribution >= 4 is 5.91 Å². The summed E-state index contributed by atoms with van der Waals surface area (Å²) < 4.78 is 1.97. The normalized spacial score (nSPS) is 10.8. The molecule has 1 aromatic heterocycles. The second-order valence-electron chi connectivity index (χ2n) is 4.63. The van der Waals surface area contributed by atoms with Crippen LogP contribution in [0.25, 0.3) is 0 Å². The van der Waals surface area contributed by atoms with E-state index in [1.165, 1.54) is 0 Å². The maximum atomic E-state index is 12.5. The van der Waals surface area contributed by atoms with E-state index in [9.17, 15) is 9.90 Å². The Morgan fingerprint density at radius 3 is 2.33 bits per heavy atom. The maximum absolute atomic E-state index is 12.5. The molecule has 0 bridgehead atoms. The molecular formula is C14H24N2O2. The van der Waals surface area contributed by atoms with Gasteiger partial charge in [0.2, 0.25) is 0 Å². The molecule has 4 nitrogen and oxygen atoms in total. The van der Waals surface area contributed by atoms with Crippen molar-refractivity contribution in [2.24, 2.45) is 7.05 Å². The van der Waals surface area contributed by atoms with Gasteiger partial charge >= 0.3 is 0 Å². The van der Waals surface area contributed by atoms with E-state index in [4.69, 9.17) is 0 Å². The molecule has 0 atom stereocenters. The summed E-state index contributed by atoms with van der Waals surface area (Å²) in [6.07, 6.45) is 0.943. The highest BCUT2D eigenvalue weighted by Gasteiger charge is 2.24. The average molecular weight is 252 g/mol. The molecule has 1 aromatic rings. The molecule has 1 N–H and O–H groups in total. The highest BCUT2D eigenvalue weighted by molar-refractivity contribution is 5.97. The van der Waals surface area contributed by atoms with Crippen LogP contribution in [0, 0.1) is 13.8 Å². The van der Waals surface area contributed by atoms with E-state index in [2.05, 4.69) is 6.92 Å². The minimum Gasteiger partial charge on any atom is -0.392 e. The lowest BCUT2D eigenvalue weighted by molar-refractivity contribution is 0.0760. The van der Waals surface area contributed by atoms with Crippen LogP contribution in [-0.4, -0.2) is 33.6 Å². The summed E-state index contributed by atoms with van der Waals surface area (Å²) in [5.74, 6) is 0.0320. The third kappa shape index (κ3) is 2.43. The Labute approximate surface area is 109 Å². The van der Waals surface area contributed by atoms with E-state index >= 15 is 0 Å². The molecule has 0 aliphatic carbocycles. The minimum atomic E-state index is -0.0851. The van der Waals surface area contributed by atoms with E-state index < -0.39 is 0 Å². The molecule has 4 heteroatoms. The van der Waals surface area contributed by atoms with Crippen LogP contribution in [0.15, 0.2) is 0 Å². The fraction of sp³-hybridized carbons (Fsp3) is 0.643. The number of aromatic nitrogens is 1. The summed E-state index contributed by atoms with van der Waals surface area (Å²) >= 11 is 0. The van der Waals surface area contributed by atoms with Gasteiger partial charge in [-0.15, -0.1) is 0 Å². The maximum Gasteiger partial charge on any atom is 0.256 e. The summed E-state index contributed by atoms with van der Waals surface area (Å²) in [5, 5.41) is 9.49. The molecule has 1 heterocycles. The van der Waals surface area contributed by atoms with Crippen molar-refractivity contribution in [2.45, 2.75) is 40.7 Å². The lowest BCUT2D eigenvalue weighted by Crippen LogP contribution is -2.32. The van der Waals surface area contributed by atoms with Crippen molar-refractivity contribution in [3.05, 3.63) is 22.5 Å². The highest BCUT2D eigenvalue weighted by atomic mass is 16.3. The quantitative estimate of drug-likeness (QED) is 0.871. The van der Waals surface area contributed by atoms with Crippen LogP contribution in [0.2, 0.25) is 0 Å². The van der Waals surface area contributed by atoms with Crippen molar-refractivity contribution in [1.29, 1.82) is 0 Å². The summed E-state index contributed by atoms with van der Waals surface area (Å²) in [6.45, 7) is 9.28. The van der Waals surface area contributed by atoms with Crippen LogP contribution in [0.1, 0.15) is 47.6 Å². The number of amides is 1. The fourth-order valence-electron chi connectivity index (χ4n) is 2.33. The third-order valence-electron chi connectivity index (χ3n) is 3.64. The van der Waals surface area contributed by atoms with Crippen LogP contribution < -0.4 is 0 Å². The van der Waals surface area contributed by atoms with Crippen LogP contribution in [0.5, 0.6) is 0 Å². The van der Waals surface area contributed by atoms with Crippen molar-refractivity contribution in [2.75, 3.05) is 13.1 Å². The number of carbonyl (C=O) groups is 1. The predicted octanol–water partition coefficient (Wildman–Crippen LogP) is 2.01. The monoisotopic (exact) mass is 252 g/mol. The standard InChI is InChI=1S/C14H24N2O2/c1-6-8-16(7-2)14(18)13-11(4)15(5)10(3)12(13)9-17/h17H,6-9H2,1-5H3. The number of hydrogen-bond acceptors (Lipinski definition) is 2. The van der Waals surface area contributed by atoms with Gasteiger partial charge in [0.15, 0.2) is 0 Å². The Morgan fingerprint density at radius 2 is 1.89 bits per heavy atom. The van der Waals surface area contributed by atoms with Gasteiger partial charge in [-0.2, -0.15) is 0 Å². The van der Waals surface area contributed by atoms with Crippen LogP contribution in [-0.2, 0) is 13.7 Å². The smallest absolute Gasteiger partial charge is 0.256 e. The van der Waals surface area contributed by atoms with Crippen molar-refractivity contribution in [3.63, 3.8) is 0 Å². The average Bonchev–Trinajstić information content (AvgIpc) is 2.59. The zero-order chi connectivity index (χ0) is 13.9. The first kappa shape index (κ1) is 14.8. The molecule has 18 heavy (non-hydrogen) atoms. The molecule has 0 fully saturated rings. The first-order chi connectivity index (χ1) is 8.49. The summed E-state index contributed by atoms with van der Waals surface area (Å²) in [6, 6.07) is 0. The topological polar surface area (TPSA) is 45.5 Å². The molecule has 0 aromatic carbocycles. The van der Waals surface area contributed by atoms with Gasteiger partial charge in [-0.3, -0.25) is 4.79 Å². The zero-order valence-corrected chi connectivity index (χ0v) is 12.1. The Bertz CT molecular complexity index is 435. The van der Waals surface area contributed by atoms with Gasteiger partial charge in [-0.05, 0) is 27.2 Å². The molecule has 0 unspecified atom stereocenters. The fourth-order valence-corrected chi connectivity index (χ4v) is 2.33. The number of aliphatic hydroxyl groups is 1. The molecular weight excluding hydrogens is 228 g/mol. The first-order valence-electron chi connectivity index (χ1n) is 6.54. The van der Waals surface area contributed by atoms with E-state index in [1.807, 2.05) is 37.3 Å². The second-order valence-corrected chi connectivity index (χ2v) is 4.63. The largest absolute Gasteiger partial charge is 0.392 e. The Balaban J connectivity index is 3.23. The predicted molar refractivity (Wildman–Crippen MR) is 72.7 cm³/mol. The third-order valence-corrected chi connectivity index (χ3v) is 3.64.